The van der Waals surface area contributed by atoms with Crippen molar-refractivity contribution in [2.24, 2.45) is 5.92 Å². The molecule has 2 atom stereocenters. The summed E-state index contributed by atoms with van der Waals surface area (Å²) in [5.74, 6) is -0.629. The van der Waals surface area contributed by atoms with Crippen LogP contribution in [0.3, 0.4) is 0 Å². The van der Waals surface area contributed by atoms with Crippen LogP contribution >= 0.6 is 27.3 Å². The van der Waals surface area contributed by atoms with Gasteiger partial charge in [-0.3, -0.25) is 9.59 Å². The van der Waals surface area contributed by atoms with Gasteiger partial charge in [0.15, 0.2) is 0 Å². The molecule has 0 spiro atoms. The number of thiophene rings is 1. The van der Waals surface area contributed by atoms with Crippen molar-refractivity contribution in [1.82, 2.24) is 9.80 Å². The fourth-order valence-electron chi connectivity index (χ4n) is 4.33. The zero-order valence-electron chi connectivity index (χ0n) is 16.2. The first-order valence-electron chi connectivity index (χ1n) is 9.64. The summed E-state index contributed by atoms with van der Waals surface area (Å²) in [4.78, 5) is 30.2. The van der Waals surface area contributed by atoms with Gasteiger partial charge in [-0.2, -0.15) is 13.2 Å². The maximum absolute atomic E-state index is 13.4. The molecule has 1 aromatic heterocycles. The average Bonchev–Trinajstić information content (AvgIpc) is 3.08. The van der Waals surface area contributed by atoms with Gasteiger partial charge in [0.05, 0.1) is 27.9 Å². The van der Waals surface area contributed by atoms with E-state index < -0.39 is 23.7 Å². The minimum Gasteiger partial charge on any atom is -0.338 e. The van der Waals surface area contributed by atoms with Crippen LogP contribution in [0.2, 0.25) is 0 Å². The molecule has 0 N–H and O–H groups in total. The highest BCUT2D eigenvalue weighted by Gasteiger charge is 2.41. The lowest BCUT2D eigenvalue weighted by atomic mass is 9.83. The lowest BCUT2D eigenvalue weighted by Crippen LogP contribution is -2.48. The molecule has 1 aromatic carbocycles. The number of benzene rings is 1. The summed E-state index contributed by atoms with van der Waals surface area (Å²) >= 11 is 5.10. The van der Waals surface area contributed by atoms with E-state index in [-0.39, 0.29) is 18.2 Å². The Morgan fingerprint density at radius 3 is 2.57 bits per heavy atom. The zero-order valence-corrected chi connectivity index (χ0v) is 18.6. The van der Waals surface area contributed by atoms with Crippen molar-refractivity contribution in [3.63, 3.8) is 0 Å². The Balaban J connectivity index is 1.60. The molecule has 2 aliphatic rings. The molecule has 2 aliphatic heterocycles. The van der Waals surface area contributed by atoms with Crippen molar-refractivity contribution in [1.29, 1.82) is 0 Å². The third-order valence-corrected chi connectivity index (χ3v) is 7.59. The monoisotopic (exact) mass is 500 g/mol. The predicted molar refractivity (Wildman–Crippen MR) is 111 cm³/mol. The molecule has 9 heteroatoms. The molecule has 1 saturated heterocycles. The smallest absolute Gasteiger partial charge is 0.338 e. The zero-order chi connectivity index (χ0) is 21.6. The van der Waals surface area contributed by atoms with E-state index in [9.17, 15) is 22.8 Å². The van der Waals surface area contributed by atoms with Gasteiger partial charge in [0.25, 0.3) is 0 Å². The molecule has 4 rings (SSSR count). The first-order chi connectivity index (χ1) is 14.1. The quantitative estimate of drug-likeness (QED) is 0.580. The van der Waals surface area contributed by atoms with Gasteiger partial charge in [0.2, 0.25) is 11.8 Å². The Hall–Kier alpha value is -1.87. The van der Waals surface area contributed by atoms with Gasteiger partial charge in [-0.05, 0) is 58.1 Å². The van der Waals surface area contributed by atoms with E-state index in [4.69, 9.17) is 0 Å². The van der Waals surface area contributed by atoms with Gasteiger partial charge < -0.3 is 9.80 Å². The van der Waals surface area contributed by atoms with Crippen molar-refractivity contribution >= 4 is 39.1 Å². The molecule has 0 radical (unpaired) electrons. The van der Waals surface area contributed by atoms with Crippen molar-refractivity contribution in [3.05, 3.63) is 55.7 Å². The molecule has 0 aliphatic carbocycles. The first-order valence-corrected chi connectivity index (χ1v) is 11.2. The molecule has 2 amide bonds. The Morgan fingerprint density at radius 1 is 1.20 bits per heavy atom. The van der Waals surface area contributed by atoms with Crippen molar-refractivity contribution in [3.8, 4) is 0 Å². The second-order valence-electron chi connectivity index (χ2n) is 7.72. The minimum atomic E-state index is -4.43. The minimum absolute atomic E-state index is 0.0468. The SMILES string of the molecule is CN1C(=O)CCC(C(=O)N2CCc3cc(Br)sc3C2)C1c1ccc(C(F)(F)F)cc1. The molecule has 2 aromatic rings. The van der Waals surface area contributed by atoms with Gasteiger partial charge in [-0.25, -0.2) is 0 Å². The van der Waals surface area contributed by atoms with Crippen molar-refractivity contribution in [2.45, 2.75) is 38.0 Å². The van der Waals surface area contributed by atoms with E-state index in [0.29, 0.717) is 25.1 Å². The summed E-state index contributed by atoms with van der Waals surface area (Å²) in [5.41, 5.74) is 1.05. The number of likely N-dealkylation sites (tertiary alicyclic amines) is 1. The molecular formula is C21H20BrF3N2O2S. The lowest BCUT2D eigenvalue weighted by Gasteiger charge is -2.41. The fraction of sp³-hybridized carbons (Fsp3) is 0.429. The summed E-state index contributed by atoms with van der Waals surface area (Å²) in [6.07, 6.45) is -3.00. The number of carbonyl (C=O) groups is 2. The number of nitrogens with zero attached hydrogens (tertiary/aromatic N) is 2. The third-order valence-electron chi connectivity index (χ3n) is 5.92. The Labute approximate surface area is 184 Å². The fourth-order valence-corrected chi connectivity index (χ4v) is 6.14. The van der Waals surface area contributed by atoms with E-state index in [0.717, 1.165) is 27.2 Å². The van der Waals surface area contributed by atoms with Crippen molar-refractivity contribution < 1.29 is 22.8 Å². The molecule has 4 nitrogen and oxygen atoms in total. The van der Waals surface area contributed by atoms with Crippen LogP contribution in [0, 0.1) is 5.92 Å². The topological polar surface area (TPSA) is 40.6 Å². The highest BCUT2D eigenvalue weighted by molar-refractivity contribution is 9.11. The molecule has 0 saturated carbocycles. The predicted octanol–water partition coefficient (Wildman–Crippen LogP) is 5.02. The second-order valence-corrected chi connectivity index (χ2v) is 10.2. The average molecular weight is 501 g/mol. The molecule has 160 valence electrons. The second kappa shape index (κ2) is 8.00. The maximum atomic E-state index is 13.4. The van der Waals surface area contributed by atoms with E-state index in [1.807, 2.05) is 4.90 Å². The van der Waals surface area contributed by atoms with E-state index in [2.05, 4.69) is 22.0 Å². The van der Waals surface area contributed by atoms with Crippen LogP contribution in [0.5, 0.6) is 0 Å². The normalized spacial score (nSPS) is 22.2. The molecule has 30 heavy (non-hydrogen) atoms. The van der Waals surface area contributed by atoms with Crippen LogP contribution in [0.15, 0.2) is 34.1 Å². The van der Waals surface area contributed by atoms with Crippen LogP contribution in [-0.4, -0.2) is 35.2 Å². The first kappa shape index (κ1) is 21.4. The summed E-state index contributed by atoms with van der Waals surface area (Å²) in [6, 6.07) is 6.30. The van der Waals surface area contributed by atoms with Crippen LogP contribution in [0.1, 0.15) is 40.5 Å². The van der Waals surface area contributed by atoms with Gasteiger partial charge in [-0.1, -0.05) is 12.1 Å². The van der Waals surface area contributed by atoms with Crippen LogP contribution < -0.4 is 0 Å². The van der Waals surface area contributed by atoms with Gasteiger partial charge in [0.1, 0.15) is 0 Å². The number of amides is 2. The number of hydrogen-bond donors (Lipinski definition) is 0. The summed E-state index contributed by atoms with van der Waals surface area (Å²) in [7, 11) is 1.62. The number of alkyl halides is 3. The number of hydrogen-bond acceptors (Lipinski definition) is 3. The third kappa shape index (κ3) is 4.01. The van der Waals surface area contributed by atoms with Gasteiger partial charge in [0, 0.05) is 24.9 Å². The Morgan fingerprint density at radius 2 is 1.90 bits per heavy atom. The molecule has 1 fully saturated rings. The van der Waals surface area contributed by atoms with Crippen LogP contribution in [0.25, 0.3) is 0 Å². The largest absolute Gasteiger partial charge is 0.416 e. The number of piperidine rings is 1. The number of rotatable bonds is 2. The van der Waals surface area contributed by atoms with Gasteiger partial charge in [-0.15, -0.1) is 11.3 Å². The number of carbonyl (C=O) groups excluding carboxylic acids is 2. The van der Waals surface area contributed by atoms with Crippen LogP contribution in [0.4, 0.5) is 13.2 Å². The van der Waals surface area contributed by atoms with Crippen LogP contribution in [-0.2, 0) is 28.7 Å². The standard InChI is InChI=1S/C21H20BrF3N2O2S/c1-26-18(28)7-6-15(19(26)12-2-4-14(5-3-12)21(23,24)25)20(29)27-9-8-13-10-17(22)30-16(13)11-27/h2-5,10,15,19H,6-9,11H2,1H3. The molecular weight excluding hydrogens is 481 g/mol. The summed E-state index contributed by atoms with van der Waals surface area (Å²) < 4.78 is 39.9. The van der Waals surface area contributed by atoms with Crippen molar-refractivity contribution in [2.75, 3.05) is 13.6 Å². The highest BCUT2D eigenvalue weighted by Crippen LogP contribution is 2.40. The number of fused-ring (bicyclic) bond motifs is 1. The van der Waals surface area contributed by atoms with Gasteiger partial charge >= 0.3 is 6.18 Å². The molecule has 3 heterocycles. The molecule has 0 bridgehead atoms. The maximum Gasteiger partial charge on any atom is 0.416 e. The van der Waals surface area contributed by atoms with E-state index >= 15 is 0 Å². The summed E-state index contributed by atoms with van der Waals surface area (Å²) in [6.45, 7) is 1.13. The Bertz CT molecular complexity index is 974. The number of halogens is 4. The van der Waals surface area contributed by atoms with E-state index in [1.54, 1.807) is 18.4 Å². The Kier molecular flexibility index (Phi) is 5.69. The highest BCUT2D eigenvalue weighted by atomic mass is 79.9. The van der Waals surface area contributed by atoms with E-state index in [1.165, 1.54) is 22.6 Å². The lowest BCUT2D eigenvalue weighted by molar-refractivity contribution is -0.147. The summed E-state index contributed by atoms with van der Waals surface area (Å²) in [5, 5.41) is 0. The molecule has 2 unspecified atom stereocenters.